The summed E-state index contributed by atoms with van der Waals surface area (Å²) in [5.41, 5.74) is 6.27. The van der Waals surface area contributed by atoms with Crippen LogP contribution in [-0.2, 0) is 16.0 Å². The number of nitrogens with two attached hydrogens (primary N) is 1. The van der Waals surface area contributed by atoms with Crippen molar-refractivity contribution in [3.8, 4) is 0 Å². The second kappa shape index (κ2) is 3.81. The van der Waals surface area contributed by atoms with Gasteiger partial charge in [0, 0.05) is 13.0 Å². The molecule has 1 atom stereocenters. The van der Waals surface area contributed by atoms with Crippen molar-refractivity contribution >= 4 is 17.1 Å². The van der Waals surface area contributed by atoms with Crippen molar-refractivity contribution in [3.63, 3.8) is 0 Å². The first-order valence-electron chi connectivity index (χ1n) is 4.62. The molecule has 0 spiro atoms. The maximum absolute atomic E-state index is 11.8. The Kier molecular flexibility index (Phi) is 2.67. The molecule has 0 bridgehead atoms. The van der Waals surface area contributed by atoms with Gasteiger partial charge < -0.3 is 10.5 Å². The van der Waals surface area contributed by atoms with Gasteiger partial charge in [-0.1, -0.05) is 0 Å². The zero-order valence-corrected chi connectivity index (χ0v) is 8.68. The molecule has 2 N–H and O–H groups in total. The van der Waals surface area contributed by atoms with Gasteiger partial charge in [0.2, 0.25) is 0 Å². The van der Waals surface area contributed by atoms with Crippen molar-refractivity contribution in [2.75, 3.05) is 13.2 Å². The van der Waals surface area contributed by atoms with E-state index in [1.165, 1.54) is 0 Å². The molecule has 1 unspecified atom stereocenters. The molecule has 1 saturated heterocycles. The Hall–Kier alpha value is -0.710. The Balaban J connectivity index is 2.02. The average molecular weight is 211 g/mol. The Labute approximate surface area is 86.9 Å². The first kappa shape index (κ1) is 9.83. The third-order valence-electron chi connectivity index (χ3n) is 2.55. The largest absolute Gasteiger partial charge is 0.379 e. The number of Topliss-reactive ketones (excluding diaryl/α,β-unsaturated/α-hetero) is 1. The lowest BCUT2D eigenvalue weighted by molar-refractivity contribution is -0.123. The quantitative estimate of drug-likeness (QED) is 0.810. The van der Waals surface area contributed by atoms with Gasteiger partial charge in [0.1, 0.15) is 5.54 Å². The van der Waals surface area contributed by atoms with E-state index in [9.17, 15) is 4.79 Å². The Bertz CT molecular complexity index is 315. The lowest BCUT2D eigenvalue weighted by atomic mass is 9.91. The second-order valence-corrected chi connectivity index (χ2v) is 4.47. The van der Waals surface area contributed by atoms with E-state index < -0.39 is 5.54 Å². The van der Waals surface area contributed by atoms with Crippen LogP contribution >= 0.6 is 11.3 Å². The maximum Gasteiger partial charge on any atom is 0.159 e. The Morgan fingerprint density at radius 3 is 3.14 bits per heavy atom. The van der Waals surface area contributed by atoms with Gasteiger partial charge in [-0.2, -0.15) is 11.3 Å². The lowest BCUT2D eigenvalue weighted by Gasteiger charge is -2.19. The minimum absolute atomic E-state index is 0.0911. The third kappa shape index (κ3) is 1.87. The number of hydrogen-bond donors (Lipinski definition) is 1. The molecule has 1 fully saturated rings. The minimum Gasteiger partial charge on any atom is -0.379 e. The summed E-state index contributed by atoms with van der Waals surface area (Å²) in [5, 5.41) is 3.95. The molecule has 1 aliphatic rings. The van der Waals surface area contributed by atoms with E-state index in [0.717, 1.165) is 5.56 Å². The van der Waals surface area contributed by atoms with Gasteiger partial charge in [-0.05, 0) is 28.8 Å². The first-order chi connectivity index (χ1) is 6.71. The molecule has 1 aromatic rings. The molecule has 0 aromatic carbocycles. The number of thiophene rings is 1. The Morgan fingerprint density at radius 2 is 2.57 bits per heavy atom. The van der Waals surface area contributed by atoms with Crippen LogP contribution < -0.4 is 5.73 Å². The molecular formula is C10H13NO2S. The highest BCUT2D eigenvalue weighted by atomic mass is 32.1. The van der Waals surface area contributed by atoms with Gasteiger partial charge in [0.15, 0.2) is 5.78 Å². The molecule has 14 heavy (non-hydrogen) atoms. The molecular weight excluding hydrogens is 198 g/mol. The molecule has 4 heteroatoms. The monoisotopic (exact) mass is 211 g/mol. The van der Waals surface area contributed by atoms with Crippen molar-refractivity contribution < 1.29 is 9.53 Å². The molecule has 1 aliphatic heterocycles. The summed E-state index contributed by atoms with van der Waals surface area (Å²) in [6, 6.07) is 1.96. The van der Waals surface area contributed by atoms with Crippen LogP contribution in [0.5, 0.6) is 0 Å². The van der Waals surface area contributed by atoms with Gasteiger partial charge in [0.05, 0.1) is 6.61 Å². The fourth-order valence-electron chi connectivity index (χ4n) is 1.56. The van der Waals surface area contributed by atoms with Crippen LogP contribution in [0.15, 0.2) is 16.8 Å². The number of rotatable bonds is 3. The molecule has 0 aliphatic carbocycles. The zero-order chi connectivity index (χ0) is 10.0. The summed E-state index contributed by atoms with van der Waals surface area (Å²) in [7, 11) is 0. The van der Waals surface area contributed by atoms with Gasteiger partial charge in [-0.25, -0.2) is 0 Å². The highest BCUT2D eigenvalue weighted by Crippen LogP contribution is 2.19. The topological polar surface area (TPSA) is 52.3 Å². The first-order valence-corrected chi connectivity index (χ1v) is 5.56. The van der Waals surface area contributed by atoms with Crippen LogP contribution in [0.25, 0.3) is 0 Å². The van der Waals surface area contributed by atoms with Crippen molar-refractivity contribution in [3.05, 3.63) is 22.4 Å². The van der Waals surface area contributed by atoms with E-state index in [2.05, 4.69) is 0 Å². The van der Waals surface area contributed by atoms with Gasteiger partial charge >= 0.3 is 0 Å². The van der Waals surface area contributed by atoms with Crippen LogP contribution in [0.4, 0.5) is 0 Å². The third-order valence-corrected chi connectivity index (χ3v) is 3.28. The number of carbonyl (C=O) groups excluding carboxylic acids is 1. The van der Waals surface area contributed by atoms with Crippen molar-refractivity contribution in [2.45, 2.75) is 18.4 Å². The zero-order valence-electron chi connectivity index (χ0n) is 7.86. The smallest absolute Gasteiger partial charge is 0.159 e. The van der Waals surface area contributed by atoms with Crippen LogP contribution in [0.3, 0.4) is 0 Å². The van der Waals surface area contributed by atoms with Crippen molar-refractivity contribution in [1.82, 2.24) is 0 Å². The normalized spacial score (nSPS) is 26.6. The van der Waals surface area contributed by atoms with Crippen LogP contribution in [0.2, 0.25) is 0 Å². The summed E-state index contributed by atoms with van der Waals surface area (Å²) >= 11 is 1.60. The summed E-state index contributed by atoms with van der Waals surface area (Å²) < 4.78 is 5.16. The van der Waals surface area contributed by atoms with E-state index in [4.69, 9.17) is 10.5 Å². The average Bonchev–Trinajstić information content (AvgIpc) is 2.76. The standard InChI is InChI=1S/C10H13NO2S/c11-10(2-3-13-7-10)9(12)5-8-1-4-14-6-8/h1,4,6H,2-3,5,7,11H2. The van der Waals surface area contributed by atoms with E-state index >= 15 is 0 Å². The molecule has 1 aromatic heterocycles. The predicted molar refractivity (Wildman–Crippen MR) is 55.4 cm³/mol. The second-order valence-electron chi connectivity index (χ2n) is 3.69. The molecule has 3 nitrogen and oxygen atoms in total. The van der Waals surface area contributed by atoms with Gasteiger partial charge in [-0.15, -0.1) is 0 Å². The molecule has 2 heterocycles. The molecule has 0 saturated carbocycles. The summed E-state index contributed by atoms with van der Waals surface area (Å²) in [5.74, 6) is 0.0911. The maximum atomic E-state index is 11.8. The van der Waals surface area contributed by atoms with Gasteiger partial charge in [0.25, 0.3) is 0 Å². The van der Waals surface area contributed by atoms with Crippen molar-refractivity contribution in [2.24, 2.45) is 5.73 Å². The van der Waals surface area contributed by atoms with Crippen molar-refractivity contribution in [1.29, 1.82) is 0 Å². The highest BCUT2D eigenvalue weighted by molar-refractivity contribution is 7.08. The van der Waals surface area contributed by atoms with E-state index in [1.54, 1.807) is 11.3 Å². The molecule has 76 valence electrons. The lowest BCUT2D eigenvalue weighted by Crippen LogP contribution is -2.49. The van der Waals surface area contributed by atoms with Crippen LogP contribution in [0, 0.1) is 0 Å². The van der Waals surface area contributed by atoms with E-state index in [0.29, 0.717) is 26.1 Å². The Morgan fingerprint density at radius 1 is 1.71 bits per heavy atom. The fraction of sp³-hybridized carbons (Fsp3) is 0.500. The van der Waals surface area contributed by atoms with Crippen LogP contribution in [-0.4, -0.2) is 24.5 Å². The number of hydrogen-bond acceptors (Lipinski definition) is 4. The molecule has 2 rings (SSSR count). The van der Waals surface area contributed by atoms with Crippen LogP contribution in [0.1, 0.15) is 12.0 Å². The molecule has 0 radical (unpaired) electrons. The fourth-order valence-corrected chi connectivity index (χ4v) is 2.22. The summed E-state index contributed by atoms with van der Waals surface area (Å²) in [6.07, 6.45) is 1.08. The summed E-state index contributed by atoms with van der Waals surface area (Å²) in [6.45, 7) is 0.974. The predicted octanol–water partition coefficient (Wildman–Crippen LogP) is 0.977. The van der Waals surface area contributed by atoms with E-state index in [1.807, 2.05) is 16.8 Å². The number of ketones is 1. The molecule has 0 amide bonds. The SMILES string of the molecule is NC1(C(=O)Cc2ccsc2)CCOC1. The number of carbonyl (C=O) groups is 1. The summed E-state index contributed by atoms with van der Waals surface area (Å²) in [4.78, 5) is 11.8. The van der Waals surface area contributed by atoms with E-state index in [-0.39, 0.29) is 5.78 Å². The minimum atomic E-state index is -0.734. The number of ether oxygens (including phenoxy) is 1. The van der Waals surface area contributed by atoms with Gasteiger partial charge in [-0.3, -0.25) is 4.79 Å². The highest BCUT2D eigenvalue weighted by Gasteiger charge is 2.37.